The fourth-order valence-corrected chi connectivity index (χ4v) is 1.46. The number of hydrogen-bond donors (Lipinski definition) is 2. The van der Waals surface area contributed by atoms with Crippen LogP contribution in [-0.2, 0) is 9.59 Å². The van der Waals surface area contributed by atoms with Crippen LogP contribution >= 0.6 is 0 Å². The van der Waals surface area contributed by atoms with Crippen molar-refractivity contribution in [2.24, 2.45) is 5.73 Å². The Kier molecular flexibility index (Phi) is 3.68. The van der Waals surface area contributed by atoms with E-state index in [0.29, 0.717) is 6.54 Å². The molecule has 0 spiro atoms. The van der Waals surface area contributed by atoms with Gasteiger partial charge in [0.05, 0.1) is 6.54 Å². The third-order valence-electron chi connectivity index (χ3n) is 2.91. The minimum absolute atomic E-state index is 0.103. The molecule has 0 aromatic heterocycles. The van der Waals surface area contributed by atoms with Gasteiger partial charge in [0.15, 0.2) is 0 Å². The minimum Gasteiger partial charge on any atom is -0.353 e. The Hall–Kier alpha value is -1.10. The van der Waals surface area contributed by atoms with Crippen LogP contribution in [0.4, 0.5) is 0 Å². The lowest BCUT2D eigenvalue weighted by atomic mass is 9.78. The number of nitrogens with two attached hydrogens (primary N) is 1. The molecule has 1 aliphatic rings. The Morgan fingerprint density at radius 1 is 1.47 bits per heavy atom. The van der Waals surface area contributed by atoms with Gasteiger partial charge in [-0.15, -0.1) is 0 Å². The van der Waals surface area contributed by atoms with E-state index in [2.05, 4.69) is 5.32 Å². The van der Waals surface area contributed by atoms with E-state index in [1.165, 1.54) is 11.8 Å². The van der Waals surface area contributed by atoms with E-state index in [9.17, 15) is 9.59 Å². The van der Waals surface area contributed by atoms with Gasteiger partial charge in [0.1, 0.15) is 0 Å². The predicted octanol–water partition coefficient (Wildman–Crippen LogP) is -0.538. The van der Waals surface area contributed by atoms with E-state index < -0.39 is 0 Å². The van der Waals surface area contributed by atoms with Gasteiger partial charge >= 0.3 is 0 Å². The van der Waals surface area contributed by atoms with Crippen LogP contribution in [-0.4, -0.2) is 42.4 Å². The van der Waals surface area contributed by atoms with Crippen molar-refractivity contribution in [2.75, 3.05) is 20.1 Å². The summed E-state index contributed by atoms with van der Waals surface area (Å²) in [4.78, 5) is 23.6. The van der Waals surface area contributed by atoms with Gasteiger partial charge in [-0.3, -0.25) is 9.59 Å². The highest BCUT2D eigenvalue weighted by molar-refractivity contribution is 5.83. The molecule has 0 aromatic rings. The molecule has 0 aromatic carbocycles. The van der Waals surface area contributed by atoms with Crippen molar-refractivity contribution in [2.45, 2.75) is 31.7 Å². The van der Waals surface area contributed by atoms with E-state index in [4.69, 9.17) is 5.73 Å². The maximum Gasteiger partial charge on any atom is 0.239 e. The molecule has 0 radical (unpaired) electrons. The largest absolute Gasteiger partial charge is 0.353 e. The second-order valence-electron chi connectivity index (χ2n) is 4.37. The Morgan fingerprint density at radius 3 is 2.47 bits per heavy atom. The van der Waals surface area contributed by atoms with Gasteiger partial charge in [0, 0.05) is 26.1 Å². The Bertz CT molecular complexity index is 261. The summed E-state index contributed by atoms with van der Waals surface area (Å²) in [7, 11) is 1.60. The third kappa shape index (κ3) is 3.51. The van der Waals surface area contributed by atoms with Crippen molar-refractivity contribution in [3.05, 3.63) is 0 Å². The number of hydrogen-bond acceptors (Lipinski definition) is 3. The van der Waals surface area contributed by atoms with Crippen LogP contribution in [0.2, 0.25) is 0 Å². The average Bonchev–Trinajstić information content (AvgIpc) is 2.11. The lowest BCUT2D eigenvalue weighted by Crippen LogP contribution is -2.55. The zero-order valence-corrected chi connectivity index (χ0v) is 9.38. The molecule has 86 valence electrons. The van der Waals surface area contributed by atoms with Gasteiger partial charge in [0.2, 0.25) is 11.8 Å². The first kappa shape index (κ1) is 12.0. The van der Waals surface area contributed by atoms with Crippen molar-refractivity contribution in [1.82, 2.24) is 10.2 Å². The first-order chi connectivity index (χ1) is 6.93. The van der Waals surface area contributed by atoms with Gasteiger partial charge in [-0.1, -0.05) is 0 Å². The molecule has 0 atom stereocenters. The molecule has 3 N–H and O–H groups in total. The monoisotopic (exact) mass is 213 g/mol. The fourth-order valence-electron chi connectivity index (χ4n) is 1.46. The quantitative estimate of drug-likeness (QED) is 0.658. The molecule has 0 bridgehead atoms. The van der Waals surface area contributed by atoms with Crippen molar-refractivity contribution in [3.63, 3.8) is 0 Å². The van der Waals surface area contributed by atoms with Crippen LogP contribution in [0.1, 0.15) is 26.2 Å². The number of carbonyl (C=O) groups excluding carboxylic acids is 2. The molecule has 0 saturated heterocycles. The standard InChI is InChI=1S/C10H19N3O2/c1-8(14)13(2)6-9(15)12-7-10(11)4-3-5-10/h3-7,11H2,1-2H3,(H,12,15). The summed E-state index contributed by atoms with van der Waals surface area (Å²) in [5.41, 5.74) is 5.74. The lowest BCUT2D eigenvalue weighted by Gasteiger charge is -2.38. The molecule has 5 nitrogen and oxygen atoms in total. The second-order valence-corrected chi connectivity index (χ2v) is 4.37. The van der Waals surface area contributed by atoms with Gasteiger partial charge in [-0.25, -0.2) is 0 Å². The number of rotatable bonds is 4. The van der Waals surface area contributed by atoms with Crippen molar-refractivity contribution < 1.29 is 9.59 Å². The highest BCUT2D eigenvalue weighted by Crippen LogP contribution is 2.27. The van der Waals surface area contributed by atoms with Crippen molar-refractivity contribution in [1.29, 1.82) is 0 Å². The van der Waals surface area contributed by atoms with E-state index in [0.717, 1.165) is 19.3 Å². The van der Waals surface area contributed by atoms with E-state index in [1.807, 2.05) is 0 Å². The summed E-state index contributed by atoms with van der Waals surface area (Å²) < 4.78 is 0. The fraction of sp³-hybridized carbons (Fsp3) is 0.800. The van der Waals surface area contributed by atoms with Crippen LogP contribution in [0.25, 0.3) is 0 Å². The molecule has 1 aliphatic carbocycles. The third-order valence-corrected chi connectivity index (χ3v) is 2.91. The lowest BCUT2D eigenvalue weighted by molar-refractivity contribution is -0.133. The molecule has 0 aliphatic heterocycles. The Labute approximate surface area is 90.0 Å². The molecule has 15 heavy (non-hydrogen) atoms. The minimum atomic E-state index is -0.204. The molecule has 1 fully saturated rings. The number of likely N-dealkylation sites (N-methyl/N-ethyl adjacent to an activating group) is 1. The van der Waals surface area contributed by atoms with E-state index in [-0.39, 0.29) is 23.9 Å². The van der Waals surface area contributed by atoms with Crippen molar-refractivity contribution in [3.8, 4) is 0 Å². The second kappa shape index (κ2) is 4.61. The van der Waals surface area contributed by atoms with Gasteiger partial charge in [0.25, 0.3) is 0 Å². The molecule has 0 heterocycles. The zero-order valence-electron chi connectivity index (χ0n) is 9.38. The summed E-state index contributed by atoms with van der Waals surface area (Å²) in [5.74, 6) is -0.263. The maximum absolute atomic E-state index is 11.4. The highest BCUT2D eigenvalue weighted by atomic mass is 16.2. The zero-order chi connectivity index (χ0) is 11.5. The van der Waals surface area contributed by atoms with Crippen LogP contribution in [0, 0.1) is 0 Å². The molecular formula is C10H19N3O2. The molecule has 5 heteroatoms. The van der Waals surface area contributed by atoms with Crippen molar-refractivity contribution >= 4 is 11.8 Å². The molecule has 1 rings (SSSR count). The number of carbonyl (C=O) groups is 2. The molecule has 1 saturated carbocycles. The van der Waals surface area contributed by atoms with Crippen LogP contribution in [0.5, 0.6) is 0 Å². The number of nitrogens with one attached hydrogen (secondary N) is 1. The summed E-state index contributed by atoms with van der Waals surface area (Å²) in [6, 6.07) is 0. The SMILES string of the molecule is CC(=O)N(C)CC(=O)NCC1(N)CCC1. The highest BCUT2D eigenvalue weighted by Gasteiger charge is 2.32. The maximum atomic E-state index is 11.4. The topological polar surface area (TPSA) is 75.4 Å². The molecule has 0 unspecified atom stereocenters. The molecule has 2 amide bonds. The summed E-state index contributed by atoms with van der Waals surface area (Å²) >= 11 is 0. The first-order valence-corrected chi connectivity index (χ1v) is 5.20. The van der Waals surface area contributed by atoms with Crippen LogP contribution in [0.15, 0.2) is 0 Å². The first-order valence-electron chi connectivity index (χ1n) is 5.20. The Morgan fingerprint density at radius 2 is 2.07 bits per heavy atom. The molecular weight excluding hydrogens is 194 g/mol. The van der Waals surface area contributed by atoms with Crippen LogP contribution < -0.4 is 11.1 Å². The van der Waals surface area contributed by atoms with Gasteiger partial charge in [-0.2, -0.15) is 0 Å². The van der Waals surface area contributed by atoms with E-state index >= 15 is 0 Å². The number of nitrogens with zero attached hydrogens (tertiary/aromatic N) is 1. The van der Waals surface area contributed by atoms with Gasteiger partial charge in [-0.05, 0) is 19.3 Å². The average molecular weight is 213 g/mol. The summed E-state index contributed by atoms with van der Waals surface area (Å²) in [5, 5.41) is 2.75. The Balaban J connectivity index is 2.21. The summed E-state index contributed by atoms with van der Waals surface area (Å²) in [6.07, 6.45) is 3.07. The smallest absolute Gasteiger partial charge is 0.239 e. The van der Waals surface area contributed by atoms with Crippen LogP contribution in [0.3, 0.4) is 0 Å². The normalized spacial score (nSPS) is 17.8. The predicted molar refractivity (Wildman–Crippen MR) is 57.1 cm³/mol. The number of amides is 2. The van der Waals surface area contributed by atoms with Gasteiger partial charge < -0.3 is 16.0 Å². The summed E-state index contributed by atoms with van der Waals surface area (Å²) in [6.45, 7) is 2.05. The van der Waals surface area contributed by atoms with E-state index in [1.54, 1.807) is 7.05 Å².